The van der Waals surface area contributed by atoms with Crippen LogP contribution in [0, 0.1) is 11.7 Å². The highest BCUT2D eigenvalue weighted by molar-refractivity contribution is 6.33. The molecule has 1 aliphatic rings. The van der Waals surface area contributed by atoms with Crippen molar-refractivity contribution in [3.05, 3.63) is 46.7 Å². The lowest BCUT2D eigenvalue weighted by Gasteiger charge is -2.16. The lowest BCUT2D eigenvalue weighted by atomic mass is 10.1. The summed E-state index contributed by atoms with van der Waals surface area (Å²) >= 11 is 12.3. The number of carbonyl (C=O) groups excluding carboxylic acids is 1. The molecule has 1 aromatic carbocycles. The van der Waals surface area contributed by atoms with Crippen LogP contribution in [0.5, 0.6) is 0 Å². The molecule has 1 atom stereocenters. The number of nitrogens with zero attached hydrogens (tertiary/aromatic N) is 2. The van der Waals surface area contributed by atoms with E-state index in [1.807, 2.05) is 27.7 Å². The Bertz CT molecular complexity index is 982. The largest absolute Gasteiger partial charge is 0.351 e. The predicted molar refractivity (Wildman–Crippen MR) is 136 cm³/mol. The number of carbonyl (C=O) groups is 1. The Morgan fingerprint density at radius 3 is 2.55 bits per heavy atom. The number of nitrogens with one attached hydrogen (secondary N) is 2. The van der Waals surface area contributed by atoms with Crippen molar-refractivity contribution in [2.75, 3.05) is 11.9 Å². The third kappa shape index (κ3) is 8.02. The minimum absolute atomic E-state index is 0.0365. The minimum atomic E-state index is -0.654. The van der Waals surface area contributed by atoms with Gasteiger partial charge in [0, 0.05) is 7.05 Å². The molecule has 0 aliphatic heterocycles. The van der Waals surface area contributed by atoms with E-state index < -0.39 is 11.7 Å². The zero-order chi connectivity index (χ0) is 25.1. The summed E-state index contributed by atoms with van der Waals surface area (Å²) in [4.78, 5) is 22.1. The number of anilines is 1. The van der Waals surface area contributed by atoms with Crippen LogP contribution in [0.2, 0.25) is 0 Å². The highest BCUT2D eigenvalue weighted by Gasteiger charge is 2.24. The second-order valence-corrected chi connectivity index (χ2v) is 8.14. The highest BCUT2D eigenvalue weighted by atomic mass is 35.5. The number of allylic oxidation sites excluding steroid dienone is 3. The number of amides is 1. The molecule has 184 valence electrons. The molecule has 9 heteroatoms. The van der Waals surface area contributed by atoms with Crippen molar-refractivity contribution >= 4 is 45.8 Å². The zero-order valence-electron chi connectivity index (χ0n) is 20.4. The molecule has 3 rings (SSSR count). The van der Waals surface area contributed by atoms with Crippen LogP contribution in [-0.4, -0.2) is 27.4 Å². The Kier molecular flexibility index (Phi) is 12.5. The van der Waals surface area contributed by atoms with Crippen molar-refractivity contribution in [3.63, 3.8) is 0 Å². The van der Waals surface area contributed by atoms with Crippen molar-refractivity contribution < 1.29 is 14.0 Å². The number of rotatable bonds is 8. The monoisotopic (exact) mass is 500 g/mol. The van der Waals surface area contributed by atoms with E-state index in [2.05, 4.69) is 15.8 Å². The van der Waals surface area contributed by atoms with Gasteiger partial charge in [0.15, 0.2) is 5.82 Å². The van der Waals surface area contributed by atoms with Crippen LogP contribution in [-0.2, 0) is 11.9 Å². The molecular formula is C24H35Cl2FN4O2. The third-order valence-corrected chi connectivity index (χ3v) is 5.02. The number of aromatic nitrogens is 2. The number of alkyl halides is 1. The van der Waals surface area contributed by atoms with Gasteiger partial charge in [-0.05, 0) is 44.7 Å². The van der Waals surface area contributed by atoms with Gasteiger partial charge in [-0.2, -0.15) is 0 Å². The maximum absolute atomic E-state index is 15.3. The van der Waals surface area contributed by atoms with Crippen LogP contribution in [0.3, 0.4) is 0 Å². The average Bonchev–Trinajstić information content (AvgIpc) is 3.56. The van der Waals surface area contributed by atoms with Gasteiger partial charge >= 0.3 is 0 Å². The Morgan fingerprint density at radius 2 is 2.00 bits per heavy atom. The number of hydroxylamine groups is 1. The molecule has 6 nitrogen and oxygen atoms in total. The normalized spacial score (nSPS) is 14.6. The van der Waals surface area contributed by atoms with Crippen molar-refractivity contribution in [2.24, 2.45) is 13.0 Å². The molecule has 1 heterocycles. The first-order valence-corrected chi connectivity index (χ1v) is 12.1. The second-order valence-electron chi connectivity index (χ2n) is 7.04. The van der Waals surface area contributed by atoms with Gasteiger partial charge in [-0.3, -0.25) is 9.63 Å². The summed E-state index contributed by atoms with van der Waals surface area (Å²) in [5.41, 5.74) is 3.50. The van der Waals surface area contributed by atoms with E-state index in [9.17, 15) is 4.79 Å². The molecule has 33 heavy (non-hydrogen) atoms. The van der Waals surface area contributed by atoms with E-state index in [1.54, 1.807) is 43.7 Å². The summed E-state index contributed by atoms with van der Waals surface area (Å²) in [6, 6.07) is 1.57. The summed E-state index contributed by atoms with van der Waals surface area (Å²) in [6.45, 7) is 11.9. The van der Waals surface area contributed by atoms with Gasteiger partial charge in [0.25, 0.3) is 5.91 Å². The molecule has 0 spiro atoms. The van der Waals surface area contributed by atoms with E-state index >= 15 is 4.39 Å². The number of aryl methyl sites for hydroxylation is 1. The van der Waals surface area contributed by atoms with Crippen LogP contribution >= 0.6 is 23.2 Å². The van der Waals surface area contributed by atoms with E-state index in [0.29, 0.717) is 28.8 Å². The first-order valence-electron chi connectivity index (χ1n) is 11.3. The van der Waals surface area contributed by atoms with Crippen LogP contribution in [0.25, 0.3) is 11.0 Å². The lowest BCUT2D eigenvalue weighted by molar-refractivity contribution is 0.0271. The summed E-state index contributed by atoms with van der Waals surface area (Å²) in [7, 11) is 1.73. The summed E-state index contributed by atoms with van der Waals surface area (Å²) in [5.74, 6) is -0.741. The number of hydrogen-bond donors (Lipinski definition) is 2. The molecule has 2 aromatic rings. The standard InChI is InChI=1S/C20H23Cl2FN4O2.2C2H6/c1-4-15(14(22)7-11(2)21)25-18-13(20(28)26-29-9-12-5-6-12)8-16-19(17(18)23)24-10-27(16)3;2*1-2/h4,7-8,10-12,25H,5-6,9H2,1-3H3,(H,26,28);2*1-2H3/b14-7+,15-4+;;. The van der Waals surface area contributed by atoms with E-state index in [1.165, 1.54) is 6.33 Å². The minimum Gasteiger partial charge on any atom is -0.351 e. The molecule has 1 saturated carbocycles. The number of imidazole rings is 1. The van der Waals surface area contributed by atoms with Gasteiger partial charge < -0.3 is 9.88 Å². The Morgan fingerprint density at radius 1 is 1.36 bits per heavy atom. The van der Waals surface area contributed by atoms with Crippen molar-refractivity contribution in [1.82, 2.24) is 15.0 Å². The maximum atomic E-state index is 15.3. The molecule has 2 N–H and O–H groups in total. The fraction of sp³-hybridized carbons (Fsp3) is 0.500. The molecule has 0 radical (unpaired) electrons. The van der Waals surface area contributed by atoms with Crippen LogP contribution in [0.1, 0.15) is 64.7 Å². The molecule has 1 aromatic heterocycles. The van der Waals surface area contributed by atoms with Crippen LogP contribution < -0.4 is 10.8 Å². The number of halogens is 3. The topological polar surface area (TPSA) is 68.2 Å². The molecule has 1 amide bonds. The van der Waals surface area contributed by atoms with Crippen LogP contribution in [0.15, 0.2) is 35.3 Å². The predicted octanol–water partition coefficient (Wildman–Crippen LogP) is 6.90. The number of benzene rings is 1. The van der Waals surface area contributed by atoms with E-state index in [-0.39, 0.29) is 22.1 Å². The average molecular weight is 501 g/mol. The molecule has 1 aliphatic carbocycles. The van der Waals surface area contributed by atoms with Gasteiger partial charge in [-0.25, -0.2) is 14.9 Å². The lowest BCUT2D eigenvalue weighted by Crippen LogP contribution is -2.26. The van der Waals surface area contributed by atoms with Gasteiger partial charge in [0.05, 0.1) is 45.8 Å². The van der Waals surface area contributed by atoms with Crippen LogP contribution in [0.4, 0.5) is 10.1 Å². The molecule has 1 fully saturated rings. The highest BCUT2D eigenvalue weighted by Crippen LogP contribution is 2.31. The second kappa shape index (κ2) is 14.2. The van der Waals surface area contributed by atoms with Gasteiger partial charge in [0.1, 0.15) is 5.52 Å². The molecular weight excluding hydrogens is 466 g/mol. The van der Waals surface area contributed by atoms with Crippen molar-refractivity contribution in [1.29, 1.82) is 0 Å². The third-order valence-electron chi connectivity index (χ3n) is 4.57. The quantitative estimate of drug-likeness (QED) is 0.235. The fourth-order valence-electron chi connectivity index (χ4n) is 2.79. The summed E-state index contributed by atoms with van der Waals surface area (Å²) in [5, 5.41) is 2.92. The first kappa shape index (κ1) is 28.9. The van der Waals surface area contributed by atoms with E-state index in [0.717, 1.165) is 12.8 Å². The smallest absolute Gasteiger partial charge is 0.277 e. The first-order chi connectivity index (χ1) is 15.8. The SMILES string of the molecule is C/C=C(Nc1c(C(=O)NOCC2CC2)cc2c(ncn2C)c1F)\C(Cl)=C/C(C)Cl.CC.CC. The molecule has 0 saturated heterocycles. The summed E-state index contributed by atoms with van der Waals surface area (Å²) < 4.78 is 17.0. The molecule has 0 bridgehead atoms. The van der Waals surface area contributed by atoms with E-state index in [4.69, 9.17) is 28.0 Å². The van der Waals surface area contributed by atoms with Gasteiger partial charge in [0.2, 0.25) is 0 Å². The van der Waals surface area contributed by atoms with Crippen molar-refractivity contribution in [2.45, 2.75) is 59.8 Å². The Hall–Kier alpha value is -2.09. The number of hydrogen-bond acceptors (Lipinski definition) is 4. The van der Waals surface area contributed by atoms with Gasteiger partial charge in [-0.15, -0.1) is 11.6 Å². The van der Waals surface area contributed by atoms with Gasteiger partial charge in [-0.1, -0.05) is 45.4 Å². The fourth-order valence-corrected chi connectivity index (χ4v) is 3.32. The van der Waals surface area contributed by atoms with Crippen molar-refractivity contribution in [3.8, 4) is 0 Å². The zero-order valence-corrected chi connectivity index (χ0v) is 21.9. The summed E-state index contributed by atoms with van der Waals surface area (Å²) in [6.07, 6.45) is 6.95. The maximum Gasteiger partial charge on any atom is 0.277 e. The Labute approximate surface area is 206 Å². The molecule has 1 unspecified atom stereocenters. The Balaban J connectivity index is 0.00000129. The number of fused-ring (bicyclic) bond motifs is 1.